The first-order valence-electron chi connectivity index (χ1n) is 12.8. The molecule has 190 valence electrons. The highest BCUT2D eigenvalue weighted by molar-refractivity contribution is 6.14. The van der Waals surface area contributed by atoms with Gasteiger partial charge in [0.25, 0.3) is 0 Å². The molecule has 1 aromatic rings. The molecular formula is C31H31NO5. The zero-order valence-electron chi connectivity index (χ0n) is 21.2. The van der Waals surface area contributed by atoms with E-state index < -0.39 is 34.9 Å². The van der Waals surface area contributed by atoms with Gasteiger partial charge in [-0.15, -0.1) is 0 Å². The first-order valence-corrected chi connectivity index (χ1v) is 12.8. The Morgan fingerprint density at radius 3 is 2.30 bits per heavy atom. The summed E-state index contributed by atoms with van der Waals surface area (Å²) in [5.74, 6) is -2.24. The fourth-order valence-electron chi connectivity index (χ4n) is 7.33. The van der Waals surface area contributed by atoms with E-state index in [1.54, 1.807) is 44.1 Å². The highest BCUT2D eigenvalue weighted by Gasteiger charge is 2.64. The summed E-state index contributed by atoms with van der Waals surface area (Å²) >= 11 is 0. The molecule has 6 nitrogen and oxygen atoms in total. The summed E-state index contributed by atoms with van der Waals surface area (Å²) in [6, 6.07) is 4.37. The quantitative estimate of drug-likeness (QED) is 0.580. The van der Waals surface area contributed by atoms with Crippen LogP contribution in [0.1, 0.15) is 30.9 Å². The van der Waals surface area contributed by atoms with Crippen LogP contribution in [-0.2, 0) is 15.2 Å². The van der Waals surface area contributed by atoms with Crippen LogP contribution in [0, 0.1) is 17.8 Å². The van der Waals surface area contributed by atoms with E-state index in [9.17, 15) is 24.9 Å². The Hall–Kier alpha value is -3.32. The van der Waals surface area contributed by atoms with Crippen LogP contribution in [-0.4, -0.2) is 57.5 Å². The van der Waals surface area contributed by atoms with Crippen LogP contribution >= 0.6 is 0 Å². The van der Waals surface area contributed by atoms with E-state index in [1.807, 2.05) is 48.6 Å². The van der Waals surface area contributed by atoms with Crippen molar-refractivity contribution in [2.24, 2.45) is 17.8 Å². The van der Waals surface area contributed by atoms with Gasteiger partial charge in [0.15, 0.2) is 17.2 Å². The van der Waals surface area contributed by atoms with Gasteiger partial charge in [-0.25, -0.2) is 0 Å². The van der Waals surface area contributed by atoms with Crippen molar-refractivity contribution in [3.05, 3.63) is 94.7 Å². The summed E-state index contributed by atoms with van der Waals surface area (Å²) in [4.78, 5) is 30.0. The Morgan fingerprint density at radius 1 is 0.973 bits per heavy atom. The number of hydrogen-bond acceptors (Lipinski definition) is 6. The maximum atomic E-state index is 14.8. The largest absolute Gasteiger partial charge is 0.507 e. The average Bonchev–Trinajstić information content (AvgIpc) is 3.56. The third-order valence-corrected chi connectivity index (χ3v) is 8.96. The first-order chi connectivity index (χ1) is 17.6. The van der Waals surface area contributed by atoms with Gasteiger partial charge >= 0.3 is 0 Å². The molecule has 0 aliphatic heterocycles. The van der Waals surface area contributed by atoms with Crippen molar-refractivity contribution in [1.82, 2.24) is 4.90 Å². The molecule has 5 aliphatic rings. The average molecular weight is 498 g/mol. The third-order valence-electron chi connectivity index (χ3n) is 8.96. The number of Topliss-reactive ketones (excluding diaryl/α,β-unsaturated/α-hetero) is 2. The van der Waals surface area contributed by atoms with Gasteiger partial charge < -0.3 is 15.3 Å². The number of carbonyl (C=O) groups excluding carboxylic acids is 2. The van der Waals surface area contributed by atoms with E-state index in [4.69, 9.17) is 0 Å². The minimum Gasteiger partial charge on any atom is -0.507 e. The zero-order valence-corrected chi connectivity index (χ0v) is 21.2. The molecule has 5 atom stereocenters. The standard InChI is InChI=1S/C31H31NO5/c1-30(36)19-13-8-14-23(33)26(19)25(18-11-6-7-12-18)27-21(30)15-22-28(32(2)3)24(34)16-20(17-9-4-5-10-17)31(22,37)29(27)35/h4-14,18,21-22,28,33,36-37H,15-16H2,1-3H3. The van der Waals surface area contributed by atoms with Gasteiger partial charge in [-0.05, 0) is 55.8 Å². The number of phenolic OH excluding ortho intramolecular Hbond substituents is 1. The molecule has 0 spiro atoms. The molecule has 2 saturated carbocycles. The van der Waals surface area contributed by atoms with Crippen LogP contribution in [0.25, 0.3) is 5.57 Å². The second kappa shape index (κ2) is 8.09. The van der Waals surface area contributed by atoms with Crippen molar-refractivity contribution >= 4 is 17.1 Å². The molecule has 0 heterocycles. The van der Waals surface area contributed by atoms with E-state index in [0.29, 0.717) is 33.4 Å². The Balaban J connectivity index is 1.68. The van der Waals surface area contributed by atoms with Crippen LogP contribution in [0.15, 0.2) is 83.5 Å². The molecule has 5 aliphatic carbocycles. The monoisotopic (exact) mass is 497 g/mol. The lowest BCUT2D eigenvalue weighted by Crippen LogP contribution is -2.66. The van der Waals surface area contributed by atoms with Crippen LogP contribution in [0.3, 0.4) is 0 Å². The second-order valence-corrected chi connectivity index (χ2v) is 11.2. The number of carbonyl (C=O) groups is 2. The summed E-state index contributed by atoms with van der Waals surface area (Å²) in [7, 11) is 3.58. The highest BCUT2D eigenvalue weighted by atomic mass is 16.3. The van der Waals surface area contributed by atoms with Crippen LogP contribution in [0.4, 0.5) is 0 Å². The van der Waals surface area contributed by atoms with Crippen molar-refractivity contribution in [3.63, 3.8) is 0 Å². The van der Waals surface area contributed by atoms with E-state index in [1.165, 1.54) is 0 Å². The minimum absolute atomic E-state index is 0.0143. The summed E-state index contributed by atoms with van der Waals surface area (Å²) < 4.78 is 0. The topological polar surface area (TPSA) is 98.1 Å². The Labute approximate surface area is 216 Å². The van der Waals surface area contributed by atoms with Gasteiger partial charge in [0, 0.05) is 35.3 Å². The number of aromatic hydroxyl groups is 1. The summed E-state index contributed by atoms with van der Waals surface area (Å²) in [5, 5.41) is 35.6. The summed E-state index contributed by atoms with van der Waals surface area (Å²) in [5.41, 5.74) is -0.360. The minimum atomic E-state index is -1.92. The second-order valence-electron chi connectivity index (χ2n) is 11.2. The van der Waals surface area contributed by atoms with Crippen molar-refractivity contribution in [3.8, 4) is 5.75 Å². The van der Waals surface area contributed by atoms with Crippen LogP contribution in [0.5, 0.6) is 5.75 Å². The van der Waals surface area contributed by atoms with E-state index >= 15 is 0 Å². The van der Waals surface area contributed by atoms with Crippen LogP contribution in [0.2, 0.25) is 0 Å². The lowest BCUT2D eigenvalue weighted by Gasteiger charge is -2.55. The fraction of sp³-hybridized carbons (Fsp3) is 0.355. The van der Waals surface area contributed by atoms with E-state index in [0.717, 1.165) is 0 Å². The number of ketones is 2. The molecule has 37 heavy (non-hydrogen) atoms. The summed E-state index contributed by atoms with van der Waals surface area (Å²) in [6.45, 7) is 1.67. The van der Waals surface area contributed by atoms with Crippen molar-refractivity contribution in [1.29, 1.82) is 0 Å². The van der Waals surface area contributed by atoms with Gasteiger partial charge in [-0.1, -0.05) is 60.7 Å². The third kappa shape index (κ3) is 3.16. The smallest absolute Gasteiger partial charge is 0.195 e. The maximum Gasteiger partial charge on any atom is 0.195 e. The Morgan fingerprint density at radius 2 is 1.65 bits per heavy atom. The molecule has 3 N–H and O–H groups in total. The van der Waals surface area contributed by atoms with Gasteiger partial charge in [0.2, 0.25) is 0 Å². The number of allylic oxidation sites excluding steroid dienone is 10. The van der Waals surface area contributed by atoms with Crippen molar-refractivity contribution in [2.75, 3.05) is 14.1 Å². The normalized spacial score (nSPS) is 34.6. The molecule has 6 rings (SSSR count). The number of phenols is 1. The molecule has 1 aromatic carbocycles. The number of hydrogen-bond donors (Lipinski definition) is 3. The molecule has 0 radical (unpaired) electrons. The lowest BCUT2D eigenvalue weighted by atomic mass is 9.51. The van der Waals surface area contributed by atoms with Gasteiger partial charge in [0.1, 0.15) is 5.75 Å². The van der Waals surface area contributed by atoms with Gasteiger partial charge in [0.05, 0.1) is 11.6 Å². The Bertz CT molecular complexity index is 1390. The molecule has 0 saturated heterocycles. The molecule has 2 fully saturated rings. The van der Waals surface area contributed by atoms with Crippen LogP contribution < -0.4 is 0 Å². The Kier molecular flexibility index (Phi) is 5.26. The number of fused-ring (bicyclic) bond motifs is 3. The van der Waals surface area contributed by atoms with Gasteiger partial charge in [-0.3, -0.25) is 14.5 Å². The van der Waals surface area contributed by atoms with Gasteiger partial charge in [-0.2, -0.15) is 0 Å². The predicted molar refractivity (Wildman–Crippen MR) is 140 cm³/mol. The summed E-state index contributed by atoms with van der Waals surface area (Å²) in [6.07, 6.45) is 15.2. The number of nitrogens with zero attached hydrogens (tertiary/aromatic N) is 1. The number of likely N-dealkylation sites (N-methyl/N-ethyl adjacent to an activating group) is 1. The van der Waals surface area contributed by atoms with Crippen molar-refractivity contribution < 1.29 is 24.9 Å². The fourth-order valence-corrected chi connectivity index (χ4v) is 7.33. The molecular weight excluding hydrogens is 466 g/mol. The zero-order chi connectivity index (χ0) is 26.3. The molecule has 0 aromatic heterocycles. The maximum absolute atomic E-state index is 14.8. The number of aliphatic hydroxyl groups is 2. The predicted octanol–water partition coefficient (Wildman–Crippen LogP) is 3.37. The van der Waals surface area contributed by atoms with Crippen molar-refractivity contribution in [2.45, 2.75) is 37.0 Å². The lowest BCUT2D eigenvalue weighted by molar-refractivity contribution is -0.156. The van der Waals surface area contributed by atoms with E-state index in [2.05, 4.69) is 0 Å². The SMILES string of the molecule is CN(C)C1C(=O)CC(=C2C=CC=C2)C2(O)C(=O)C3=C(C4C=CC=C4)c4c(O)cccc4C(C)(O)C3CC12. The highest BCUT2D eigenvalue weighted by Crippen LogP contribution is 2.59. The number of rotatable bonds is 2. The molecule has 0 bridgehead atoms. The van der Waals surface area contributed by atoms with E-state index in [-0.39, 0.29) is 30.3 Å². The molecule has 5 unspecified atom stereocenters. The number of benzene rings is 1. The molecule has 6 heteroatoms. The molecule has 0 amide bonds. The first kappa shape index (κ1) is 24.0.